The minimum Gasteiger partial charge on any atom is -0.456 e. The Balaban J connectivity index is 0.914. The molecule has 0 spiro atoms. The zero-order valence-electron chi connectivity index (χ0n) is 41.5. The van der Waals surface area contributed by atoms with Crippen molar-refractivity contribution < 1.29 is 13.3 Å². The predicted molar refractivity (Wildman–Crippen MR) is 322 cm³/mol. The molecule has 5 aromatic heterocycles. The third-order valence-electron chi connectivity index (χ3n) is 16.4. The molecular formula is C69H44N2O3S2. The van der Waals surface area contributed by atoms with Crippen LogP contribution in [-0.2, 0) is 11.8 Å². The fraction of sp³-hybridized carbons (Fsp3) is 0.0725. The number of hydrogen-bond donors (Lipinski definition) is 0. The van der Waals surface area contributed by atoms with E-state index in [0.717, 1.165) is 113 Å². The lowest BCUT2D eigenvalue weighted by Gasteiger charge is -2.34. The standard InChI is InChI=1S/C69H44N2O3S2/c1-69(2)32-31-39-33-44(71(43-26-29-60-52(37-43)46-14-4-8-22-58(46)73-60)56-20-12-18-50-48-16-6-10-24-63(48)76-68(50)56)34-40-35-54-53-38-42(27-30-61(53)74-66(54)65(69)64(39)40)70(41-25-28-59-51(36-41)45-13-3-7-21-57(45)72-59)55-19-11-17-49-47-15-5-9-23-62(47)75-67(49)55/h3-30,33-38H,31-32H2,1-2H3. The molecule has 0 radical (unpaired) electrons. The summed E-state index contributed by atoms with van der Waals surface area (Å²) in [6.45, 7) is 4.80. The van der Waals surface area contributed by atoms with Crippen molar-refractivity contribution in [3.05, 3.63) is 217 Å². The number of fused-ring (bicyclic) bond motifs is 16. The molecule has 17 rings (SSSR count). The normalized spacial score (nSPS) is 13.7. The molecule has 1 aliphatic carbocycles. The van der Waals surface area contributed by atoms with E-state index in [0.29, 0.717) is 0 Å². The second-order valence-corrected chi connectivity index (χ2v) is 23.3. The molecular weight excluding hydrogens is 969 g/mol. The highest BCUT2D eigenvalue weighted by Gasteiger charge is 2.34. The molecule has 5 heterocycles. The molecule has 0 N–H and O–H groups in total. The Morgan fingerprint density at radius 3 is 1.41 bits per heavy atom. The smallest absolute Gasteiger partial charge is 0.139 e. The summed E-state index contributed by atoms with van der Waals surface area (Å²) >= 11 is 3.72. The minimum atomic E-state index is -0.135. The predicted octanol–water partition coefficient (Wildman–Crippen LogP) is 21.4. The van der Waals surface area contributed by atoms with Gasteiger partial charge in [0.1, 0.15) is 33.5 Å². The molecule has 0 aliphatic heterocycles. The van der Waals surface area contributed by atoms with Crippen LogP contribution in [0.25, 0.3) is 117 Å². The van der Waals surface area contributed by atoms with Gasteiger partial charge in [-0.05, 0) is 144 Å². The number of furan rings is 3. The molecule has 0 amide bonds. The molecule has 76 heavy (non-hydrogen) atoms. The summed E-state index contributed by atoms with van der Waals surface area (Å²) in [6, 6.07) is 75.2. The van der Waals surface area contributed by atoms with E-state index in [1.165, 1.54) is 62.2 Å². The molecule has 0 saturated heterocycles. The quantitative estimate of drug-likeness (QED) is 0.166. The summed E-state index contributed by atoms with van der Waals surface area (Å²) < 4.78 is 25.0. The molecule has 0 unspecified atom stereocenters. The fourth-order valence-corrected chi connectivity index (χ4v) is 15.3. The van der Waals surface area contributed by atoms with Crippen molar-refractivity contribution in [2.75, 3.05) is 9.80 Å². The highest BCUT2D eigenvalue weighted by molar-refractivity contribution is 7.26. The monoisotopic (exact) mass is 1010 g/mol. The van der Waals surface area contributed by atoms with Gasteiger partial charge in [-0.25, -0.2) is 0 Å². The van der Waals surface area contributed by atoms with Gasteiger partial charge in [0.25, 0.3) is 0 Å². The fourth-order valence-electron chi connectivity index (χ4n) is 12.9. The molecule has 11 aromatic carbocycles. The number of anilines is 6. The number of aryl methyl sites for hydroxylation is 1. The largest absolute Gasteiger partial charge is 0.456 e. The van der Waals surface area contributed by atoms with E-state index in [1.54, 1.807) is 0 Å². The van der Waals surface area contributed by atoms with Crippen LogP contribution in [-0.4, -0.2) is 0 Å². The van der Waals surface area contributed by atoms with E-state index < -0.39 is 0 Å². The van der Waals surface area contributed by atoms with E-state index in [2.05, 4.69) is 218 Å². The Kier molecular flexibility index (Phi) is 8.71. The number of para-hydroxylation sites is 2. The van der Waals surface area contributed by atoms with Crippen LogP contribution in [0.15, 0.2) is 220 Å². The average molecular weight is 1010 g/mol. The van der Waals surface area contributed by atoms with Crippen molar-refractivity contribution >= 4 is 174 Å². The molecule has 360 valence electrons. The third-order valence-corrected chi connectivity index (χ3v) is 18.8. The van der Waals surface area contributed by atoms with Crippen LogP contribution in [0.4, 0.5) is 34.1 Å². The van der Waals surface area contributed by atoms with Crippen LogP contribution in [0.1, 0.15) is 31.4 Å². The van der Waals surface area contributed by atoms with Gasteiger partial charge in [0.15, 0.2) is 0 Å². The number of thiophene rings is 2. The van der Waals surface area contributed by atoms with Crippen molar-refractivity contribution in [2.24, 2.45) is 0 Å². The number of nitrogens with zero attached hydrogens (tertiary/aromatic N) is 2. The summed E-state index contributed by atoms with van der Waals surface area (Å²) in [5, 5.41) is 14.2. The molecule has 0 atom stereocenters. The van der Waals surface area contributed by atoms with Gasteiger partial charge in [-0.1, -0.05) is 111 Å². The molecule has 7 heteroatoms. The van der Waals surface area contributed by atoms with Crippen LogP contribution in [0, 0.1) is 0 Å². The summed E-state index contributed by atoms with van der Waals surface area (Å²) in [4.78, 5) is 4.94. The van der Waals surface area contributed by atoms with Crippen molar-refractivity contribution in [3.63, 3.8) is 0 Å². The highest BCUT2D eigenvalue weighted by Crippen LogP contribution is 2.53. The van der Waals surface area contributed by atoms with Gasteiger partial charge in [-0.3, -0.25) is 0 Å². The van der Waals surface area contributed by atoms with E-state index in [4.69, 9.17) is 13.3 Å². The van der Waals surface area contributed by atoms with Gasteiger partial charge < -0.3 is 23.1 Å². The van der Waals surface area contributed by atoms with E-state index in [1.807, 2.05) is 34.8 Å². The van der Waals surface area contributed by atoms with Gasteiger partial charge in [-0.2, -0.15) is 0 Å². The molecule has 0 saturated carbocycles. The Bertz CT molecular complexity index is 5140. The molecule has 1 aliphatic rings. The zero-order chi connectivity index (χ0) is 50.0. The Morgan fingerprint density at radius 1 is 0.382 bits per heavy atom. The lowest BCUT2D eigenvalue weighted by atomic mass is 9.71. The molecule has 16 aromatic rings. The zero-order valence-corrected chi connectivity index (χ0v) is 43.1. The van der Waals surface area contributed by atoms with Crippen molar-refractivity contribution in [1.29, 1.82) is 0 Å². The minimum absolute atomic E-state index is 0.135. The molecule has 5 nitrogen and oxygen atoms in total. The van der Waals surface area contributed by atoms with Crippen LogP contribution in [0.2, 0.25) is 0 Å². The second kappa shape index (κ2) is 15.6. The first-order valence-corrected chi connectivity index (χ1v) is 27.7. The highest BCUT2D eigenvalue weighted by atomic mass is 32.1. The van der Waals surface area contributed by atoms with E-state index in [-0.39, 0.29) is 5.41 Å². The number of hydrogen-bond acceptors (Lipinski definition) is 7. The van der Waals surface area contributed by atoms with E-state index in [9.17, 15) is 0 Å². The van der Waals surface area contributed by atoms with Crippen molar-refractivity contribution in [1.82, 2.24) is 0 Å². The lowest BCUT2D eigenvalue weighted by molar-refractivity contribution is 0.471. The first-order chi connectivity index (χ1) is 37.4. The summed E-state index contributed by atoms with van der Waals surface area (Å²) in [5.74, 6) is 0. The third kappa shape index (κ3) is 6.06. The molecule has 0 fully saturated rings. The second-order valence-electron chi connectivity index (χ2n) is 21.2. The van der Waals surface area contributed by atoms with Crippen LogP contribution < -0.4 is 9.80 Å². The Labute approximate surface area is 443 Å². The Hall–Kier alpha value is -8.88. The van der Waals surface area contributed by atoms with Crippen LogP contribution >= 0.6 is 22.7 Å². The van der Waals surface area contributed by atoms with E-state index >= 15 is 0 Å². The SMILES string of the molecule is CC1(C)CCc2cc(N(c3ccc4oc5ccccc5c4c3)c3cccc4c3sc3ccccc34)cc3cc4c(oc5ccc(N(c6ccc7oc8ccccc8c7c6)c6cccc7c6sc6ccccc67)cc54)c1c23. The summed E-state index contributed by atoms with van der Waals surface area (Å²) in [6.07, 6.45) is 1.96. The maximum atomic E-state index is 7.17. The number of rotatable bonds is 6. The van der Waals surface area contributed by atoms with Gasteiger partial charge in [-0.15, -0.1) is 22.7 Å². The average Bonchev–Trinajstić information content (AvgIpc) is 4.39. The van der Waals surface area contributed by atoms with Gasteiger partial charge in [0.2, 0.25) is 0 Å². The summed E-state index contributed by atoms with van der Waals surface area (Å²) in [7, 11) is 0. The topological polar surface area (TPSA) is 45.9 Å². The van der Waals surface area contributed by atoms with Crippen LogP contribution in [0.3, 0.4) is 0 Å². The maximum absolute atomic E-state index is 7.17. The van der Waals surface area contributed by atoms with Crippen molar-refractivity contribution in [2.45, 2.75) is 32.1 Å². The lowest BCUT2D eigenvalue weighted by Crippen LogP contribution is -2.23. The molecule has 0 bridgehead atoms. The van der Waals surface area contributed by atoms with Gasteiger partial charge in [0, 0.05) is 91.6 Å². The van der Waals surface area contributed by atoms with Gasteiger partial charge in [0.05, 0.1) is 20.8 Å². The maximum Gasteiger partial charge on any atom is 0.139 e. The summed E-state index contributed by atoms with van der Waals surface area (Å²) in [5.41, 5.74) is 14.5. The first-order valence-electron chi connectivity index (χ1n) is 26.1. The number of benzene rings is 11. The first kappa shape index (κ1) is 42.5. The Morgan fingerprint density at radius 2 is 0.842 bits per heavy atom. The van der Waals surface area contributed by atoms with Crippen molar-refractivity contribution in [3.8, 4) is 0 Å². The van der Waals surface area contributed by atoms with Gasteiger partial charge >= 0.3 is 0 Å². The van der Waals surface area contributed by atoms with Crippen LogP contribution in [0.5, 0.6) is 0 Å².